The third kappa shape index (κ3) is 5.25. The molecule has 2 aromatic carbocycles. The number of hydrogen-bond donors (Lipinski definition) is 2. The van der Waals surface area contributed by atoms with Crippen molar-refractivity contribution in [1.82, 2.24) is 9.97 Å². The van der Waals surface area contributed by atoms with Crippen molar-refractivity contribution < 1.29 is 13.2 Å². The van der Waals surface area contributed by atoms with Crippen molar-refractivity contribution in [2.75, 3.05) is 10.6 Å². The molecular weight excluding hydrogens is 377 g/mol. The summed E-state index contributed by atoms with van der Waals surface area (Å²) in [6, 6.07) is 14.8. The normalized spacial score (nSPS) is 11.3. The van der Waals surface area contributed by atoms with Gasteiger partial charge in [0.05, 0.1) is 0 Å². The van der Waals surface area contributed by atoms with Crippen LogP contribution in [0.5, 0.6) is 0 Å². The Kier molecular flexibility index (Phi) is 6.36. The Labute approximate surface area is 168 Å². The standard InChI is InChI=1S/C22H23F3N4/c1-3-4-10-16-11-6-8-13-19(16)27-20-17(22(23,24)25)14-26-21(29-20)28-18-12-7-5-9-15(18)2/h5-9,11-14H,3-4,10H2,1-2H3,(H2,26,27,28,29). The van der Waals surface area contributed by atoms with Crippen LogP contribution in [0.25, 0.3) is 0 Å². The van der Waals surface area contributed by atoms with Gasteiger partial charge in [0.1, 0.15) is 11.4 Å². The van der Waals surface area contributed by atoms with E-state index in [1.807, 2.05) is 43.3 Å². The fourth-order valence-corrected chi connectivity index (χ4v) is 2.93. The van der Waals surface area contributed by atoms with Crippen LogP contribution in [0.2, 0.25) is 0 Å². The van der Waals surface area contributed by atoms with E-state index in [-0.39, 0.29) is 11.8 Å². The maximum absolute atomic E-state index is 13.5. The lowest BCUT2D eigenvalue weighted by Crippen LogP contribution is -2.13. The van der Waals surface area contributed by atoms with E-state index in [0.29, 0.717) is 5.69 Å². The fraction of sp³-hybridized carbons (Fsp3) is 0.273. The molecule has 0 fully saturated rings. The Hall–Kier alpha value is -3.09. The molecule has 29 heavy (non-hydrogen) atoms. The van der Waals surface area contributed by atoms with E-state index in [4.69, 9.17) is 0 Å². The molecule has 2 N–H and O–H groups in total. The first-order valence-electron chi connectivity index (χ1n) is 9.50. The van der Waals surface area contributed by atoms with Gasteiger partial charge in [-0.05, 0) is 43.0 Å². The monoisotopic (exact) mass is 400 g/mol. The Morgan fingerprint density at radius 2 is 1.62 bits per heavy atom. The molecule has 0 aliphatic carbocycles. The van der Waals surface area contributed by atoms with Crippen LogP contribution in [0.3, 0.4) is 0 Å². The maximum atomic E-state index is 13.5. The summed E-state index contributed by atoms with van der Waals surface area (Å²) in [5.41, 5.74) is 2.34. The Bertz CT molecular complexity index is 970. The first-order valence-corrected chi connectivity index (χ1v) is 9.50. The first kappa shape index (κ1) is 20.6. The number of para-hydroxylation sites is 2. The number of rotatable bonds is 7. The molecule has 152 valence electrons. The van der Waals surface area contributed by atoms with Gasteiger partial charge < -0.3 is 10.6 Å². The third-order valence-electron chi connectivity index (χ3n) is 4.56. The Morgan fingerprint density at radius 3 is 2.31 bits per heavy atom. The second kappa shape index (κ2) is 8.94. The molecule has 0 saturated carbocycles. The van der Waals surface area contributed by atoms with Crippen molar-refractivity contribution >= 4 is 23.1 Å². The molecule has 0 aliphatic rings. The Morgan fingerprint density at radius 1 is 0.931 bits per heavy atom. The van der Waals surface area contributed by atoms with Crippen molar-refractivity contribution in [2.45, 2.75) is 39.3 Å². The van der Waals surface area contributed by atoms with Gasteiger partial charge in [-0.15, -0.1) is 0 Å². The van der Waals surface area contributed by atoms with Crippen LogP contribution in [0.4, 0.5) is 36.3 Å². The predicted molar refractivity (Wildman–Crippen MR) is 110 cm³/mol. The molecular formula is C22H23F3N4. The number of aromatic nitrogens is 2. The minimum atomic E-state index is -4.57. The maximum Gasteiger partial charge on any atom is 0.421 e. The number of nitrogens with one attached hydrogen (secondary N) is 2. The van der Waals surface area contributed by atoms with Crippen molar-refractivity contribution in [3.05, 3.63) is 71.4 Å². The van der Waals surface area contributed by atoms with Crippen LogP contribution in [-0.4, -0.2) is 9.97 Å². The highest BCUT2D eigenvalue weighted by molar-refractivity contribution is 5.66. The largest absolute Gasteiger partial charge is 0.421 e. The van der Waals surface area contributed by atoms with Crippen LogP contribution in [0.1, 0.15) is 36.5 Å². The SMILES string of the molecule is CCCCc1ccccc1Nc1nc(Nc2ccccc2C)ncc1C(F)(F)F. The van der Waals surface area contributed by atoms with Gasteiger partial charge in [-0.2, -0.15) is 18.2 Å². The summed E-state index contributed by atoms with van der Waals surface area (Å²) in [6.45, 7) is 3.97. The van der Waals surface area contributed by atoms with E-state index in [1.54, 1.807) is 12.1 Å². The van der Waals surface area contributed by atoms with Crippen molar-refractivity contribution in [3.8, 4) is 0 Å². The molecule has 1 aromatic heterocycles. The van der Waals surface area contributed by atoms with Gasteiger partial charge in [-0.25, -0.2) is 4.98 Å². The third-order valence-corrected chi connectivity index (χ3v) is 4.56. The number of anilines is 4. The number of aryl methyl sites for hydroxylation is 2. The van der Waals surface area contributed by atoms with Crippen LogP contribution in [0, 0.1) is 6.92 Å². The quantitative estimate of drug-likeness (QED) is 0.467. The molecule has 0 unspecified atom stereocenters. The van der Waals surface area contributed by atoms with E-state index in [1.165, 1.54) is 0 Å². The molecule has 3 aromatic rings. The number of hydrogen-bond acceptors (Lipinski definition) is 4. The van der Waals surface area contributed by atoms with E-state index >= 15 is 0 Å². The lowest BCUT2D eigenvalue weighted by Gasteiger charge is -2.17. The van der Waals surface area contributed by atoms with E-state index < -0.39 is 11.7 Å². The minimum absolute atomic E-state index is 0.0980. The van der Waals surface area contributed by atoms with Gasteiger partial charge in [-0.1, -0.05) is 49.7 Å². The van der Waals surface area contributed by atoms with Crippen molar-refractivity contribution in [1.29, 1.82) is 0 Å². The van der Waals surface area contributed by atoms with Crippen molar-refractivity contribution in [3.63, 3.8) is 0 Å². The lowest BCUT2D eigenvalue weighted by atomic mass is 10.1. The van der Waals surface area contributed by atoms with E-state index in [9.17, 15) is 13.2 Å². The number of halogens is 3. The molecule has 1 heterocycles. The summed E-state index contributed by atoms with van der Waals surface area (Å²) >= 11 is 0. The highest BCUT2D eigenvalue weighted by Crippen LogP contribution is 2.36. The fourth-order valence-electron chi connectivity index (χ4n) is 2.93. The van der Waals surface area contributed by atoms with Crippen LogP contribution >= 0.6 is 0 Å². The van der Waals surface area contributed by atoms with Crippen LogP contribution in [0.15, 0.2) is 54.7 Å². The van der Waals surface area contributed by atoms with Crippen molar-refractivity contribution in [2.24, 2.45) is 0 Å². The zero-order chi connectivity index (χ0) is 20.9. The highest BCUT2D eigenvalue weighted by Gasteiger charge is 2.35. The number of benzene rings is 2. The smallest absolute Gasteiger partial charge is 0.339 e. The molecule has 0 atom stereocenters. The molecule has 0 amide bonds. The molecule has 0 radical (unpaired) electrons. The van der Waals surface area contributed by atoms with Crippen LogP contribution in [-0.2, 0) is 12.6 Å². The molecule has 0 aliphatic heterocycles. The van der Waals surface area contributed by atoms with Gasteiger partial charge in [0, 0.05) is 17.6 Å². The Balaban J connectivity index is 1.97. The second-order valence-electron chi connectivity index (χ2n) is 6.78. The second-order valence-corrected chi connectivity index (χ2v) is 6.78. The number of unbranched alkanes of at least 4 members (excludes halogenated alkanes) is 1. The predicted octanol–water partition coefficient (Wildman–Crippen LogP) is 6.63. The van der Waals surface area contributed by atoms with Crippen LogP contribution < -0.4 is 10.6 Å². The molecule has 0 saturated heterocycles. The van der Waals surface area contributed by atoms with Gasteiger partial charge in [0.25, 0.3) is 0 Å². The summed E-state index contributed by atoms with van der Waals surface area (Å²) in [5, 5.41) is 5.88. The van der Waals surface area contributed by atoms with E-state index in [0.717, 1.165) is 42.3 Å². The summed E-state index contributed by atoms with van der Waals surface area (Å²) in [6.07, 6.45) is -1.03. The molecule has 7 heteroatoms. The topological polar surface area (TPSA) is 49.8 Å². The molecule has 0 bridgehead atoms. The van der Waals surface area contributed by atoms with E-state index in [2.05, 4.69) is 27.5 Å². The zero-order valence-electron chi connectivity index (χ0n) is 16.3. The van der Waals surface area contributed by atoms with Gasteiger partial charge in [0.15, 0.2) is 0 Å². The first-order chi connectivity index (χ1) is 13.9. The average Bonchev–Trinajstić information content (AvgIpc) is 2.68. The minimum Gasteiger partial charge on any atom is -0.339 e. The summed E-state index contributed by atoms with van der Waals surface area (Å²) < 4.78 is 40.6. The summed E-state index contributed by atoms with van der Waals surface area (Å²) in [5.74, 6) is -0.173. The molecule has 3 rings (SSSR count). The van der Waals surface area contributed by atoms with Gasteiger partial charge in [-0.3, -0.25) is 0 Å². The molecule has 0 spiro atoms. The summed E-state index contributed by atoms with van der Waals surface area (Å²) in [4.78, 5) is 8.01. The lowest BCUT2D eigenvalue weighted by molar-refractivity contribution is -0.137. The number of alkyl halides is 3. The average molecular weight is 400 g/mol. The zero-order valence-corrected chi connectivity index (χ0v) is 16.3. The highest BCUT2D eigenvalue weighted by atomic mass is 19.4. The molecule has 4 nitrogen and oxygen atoms in total. The number of nitrogens with zero attached hydrogens (tertiary/aromatic N) is 2. The summed E-state index contributed by atoms with van der Waals surface area (Å²) in [7, 11) is 0. The van der Waals surface area contributed by atoms with Gasteiger partial charge >= 0.3 is 6.18 Å². The van der Waals surface area contributed by atoms with Gasteiger partial charge in [0.2, 0.25) is 5.95 Å².